The van der Waals surface area contributed by atoms with Crippen LogP contribution in [0, 0.1) is 18.4 Å². The first kappa shape index (κ1) is 23.1. The first-order chi connectivity index (χ1) is 15.9. The molecule has 0 unspecified atom stereocenters. The van der Waals surface area contributed by atoms with Gasteiger partial charge in [0.15, 0.2) is 5.69 Å². The average Bonchev–Trinajstić information content (AvgIpc) is 3.25. The second-order valence-corrected chi connectivity index (χ2v) is 9.97. The van der Waals surface area contributed by atoms with Crippen molar-refractivity contribution in [1.82, 2.24) is 15.1 Å². The summed E-state index contributed by atoms with van der Waals surface area (Å²) in [7, 11) is 0. The molecule has 0 saturated carbocycles. The van der Waals surface area contributed by atoms with Crippen molar-refractivity contribution in [3.63, 3.8) is 0 Å². The number of carbonyl (C=O) groups is 1. The summed E-state index contributed by atoms with van der Waals surface area (Å²) in [5.74, 6) is -0.470. The number of aromatic nitrogens is 2. The Morgan fingerprint density at radius 2 is 1.97 bits per heavy atom. The van der Waals surface area contributed by atoms with E-state index in [4.69, 9.17) is 11.7 Å². The van der Waals surface area contributed by atoms with Crippen molar-refractivity contribution in [2.45, 2.75) is 40.2 Å². The summed E-state index contributed by atoms with van der Waals surface area (Å²) in [5.41, 5.74) is 6.20. The number of aliphatic carboxylic acids is 1. The highest BCUT2D eigenvalue weighted by atomic mass is 32.1. The Hall–Kier alpha value is -3.08. The van der Waals surface area contributed by atoms with Gasteiger partial charge in [-0.25, -0.2) is 4.85 Å². The molecule has 0 bridgehead atoms. The van der Waals surface area contributed by atoms with Gasteiger partial charge in [-0.2, -0.15) is 0 Å². The number of hydrogen-bond donors (Lipinski definition) is 1. The van der Waals surface area contributed by atoms with Crippen molar-refractivity contribution < 1.29 is 9.90 Å². The maximum Gasteiger partial charge on any atom is 0.309 e. The summed E-state index contributed by atoms with van der Waals surface area (Å²) in [6.45, 7) is 16.0. The van der Waals surface area contributed by atoms with Gasteiger partial charge in [-0.1, -0.05) is 62.4 Å². The van der Waals surface area contributed by atoms with E-state index in [2.05, 4.69) is 52.8 Å². The number of likely N-dealkylation sites (tertiary alicyclic amines) is 1. The van der Waals surface area contributed by atoms with Gasteiger partial charge < -0.3 is 5.11 Å². The molecule has 0 radical (unpaired) electrons. The average molecular weight is 461 g/mol. The number of nitrogens with zero attached hydrogens (tertiary/aromatic N) is 4. The van der Waals surface area contributed by atoms with Crippen LogP contribution >= 0.6 is 11.3 Å². The molecule has 6 nitrogen and oxygen atoms in total. The molecule has 4 rings (SSSR count). The highest BCUT2D eigenvalue weighted by Crippen LogP contribution is 2.36. The van der Waals surface area contributed by atoms with Crippen LogP contribution in [0.3, 0.4) is 0 Å². The van der Waals surface area contributed by atoms with Crippen LogP contribution in [0.4, 0.5) is 5.69 Å². The van der Waals surface area contributed by atoms with Gasteiger partial charge in [0.25, 0.3) is 0 Å². The highest BCUT2D eigenvalue weighted by Gasteiger charge is 2.32. The van der Waals surface area contributed by atoms with Crippen LogP contribution in [-0.2, 0) is 24.2 Å². The van der Waals surface area contributed by atoms with E-state index in [0.717, 1.165) is 46.1 Å². The van der Waals surface area contributed by atoms with Crippen LogP contribution in [0.15, 0.2) is 36.4 Å². The van der Waals surface area contributed by atoms with Gasteiger partial charge in [-0.15, -0.1) is 10.2 Å². The zero-order valence-corrected chi connectivity index (χ0v) is 20.0. The van der Waals surface area contributed by atoms with Crippen molar-refractivity contribution in [1.29, 1.82) is 0 Å². The summed E-state index contributed by atoms with van der Waals surface area (Å²) in [5, 5.41) is 19.7. The summed E-state index contributed by atoms with van der Waals surface area (Å²) >= 11 is 1.54. The molecule has 33 heavy (non-hydrogen) atoms. The van der Waals surface area contributed by atoms with E-state index < -0.39 is 5.97 Å². The maximum absolute atomic E-state index is 11.1. The predicted octanol–water partition coefficient (Wildman–Crippen LogP) is 5.70. The van der Waals surface area contributed by atoms with E-state index in [1.165, 1.54) is 11.1 Å². The van der Waals surface area contributed by atoms with Gasteiger partial charge in [0.2, 0.25) is 0 Å². The number of carboxylic acid groups (broad SMARTS) is 1. The molecule has 1 aromatic heterocycles. The van der Waals surface area contributed by atoms with Gasteiger partial charge in [0.05, 0.1) is 12.5 Å². The van der Waals surface area contributed by atoms with Crippen molar-refractivity contribution in [3.8, 4) is 21.1 Å². The highest BCUT2D eigenvalue weighted by molar-refractivity contribution is 7.17. The molecule has 1 aliphatic heterocycles. The molecule has 3 aromatic rings. The third-order valence-corrected chi connectivity index (χ3v) is 7.07. The van der Waals surface area contributed by atoms with E-state index in [-0.39, 0.29) is 5.92 Å². The largest absolute Gasteiger partial charge is 0.481 e. The lowest BCUT2D eigenvalue weighted by molar-refractivity contribution is -0.147. The molecule has 0 aliphatic carbocycles. The molecule has 1 saturated heterocycles. The first-order valence-electron chi connectivity index (χ1n) is 11.3. The predicted molar refractivity (Wildman–Crippen MR) is 131 cm³/mol. The normalized spacial score (nSPS) is 14.3. The molecule has 2 aromatic carbocycles. The maximum atomic E-state index is 11.1. The summed E-state index contributed by atoms with van der Waals surface area (Å²) in [4.78, 5) is 17.0. The molecule has 1 fully saturated rings. The molecule has 7 heteroatoms. The lowest BCUT2D eigenvalue weighted by Crippen LogP contribution is -2.49. The standard InChI is InChI=1S/C26H28N4O2S/c1-5-21-19(13-30-14-20(15-30)26(31)32)7-6-8-22(21)25-29-28-24(33-25)18-10-9-17(11-16(2)3)23(12-18)27-4/h6-10,12,16,20H,5,11,13-15H2,1-3H3,(H,31,32). The first-order valence-corrected chi connectivity index (χ1v) is 12.1. The van der Waals surface area contributed by atoms with Gasteiger partial charge >= 0.3 is 5.97 Å². The smallest absolute Gasteiger partial charge is 0.309 e. The fourth-order valence-corrected chi connectivity index (χ4v) is 5.25. The number of carboxylic acids is 1. The van der Waals surface area contributed by atoms with Crippen LogP contribution in [0.25, 0.3) is 26.0 Å². The van der Waals surface area contributed by atoms with Gasteiger partial charge in [-0.3, -0.25) is 9.69 Å². The Balaban J connectivity index is 1.59. The van der Waals surface area contributed by atoms with Crippen LogP contribution in [0.5, 0.6) is 0 Å². The summed E-state index contributed by atoms with van der Waals surface area (Å²) in [6.07, 6.45) is 1.75. The Morgan fingerprint density at radius 1 is 1.21 bits per heavy atom. The monoisotopic (exact) mass is 460 g/mol. The Morgan fingerprint density at radius 3 is 2.64 bits per heavy atom. The Kier molecular flexibility index (Phi) is 6.87. The molecule has 1 N–H and O–H groups in total. The van der Waals surface area contributed by atoms with Crippen LogP contribution < -0.4 is 0 Å². The van der Waals surface area contributed by atoms with Crippen LogP contribution in [0.2, 0.25) is 0 Å². The number of benzene rings is 2. The lowest BCUT2D eigenvalue weighted by atomic mass is 9.95. The van der Waals surface area contributed by atoms with Gasteiger partial charge in [0, 0.05) is 30.8 Å². The third kappa shape index (κ3) is 4.97. The van der Waals surface area contributed by atoms with Crippen molar-refractivity contribution >= 4 is 23.0 Å². The lowest BCUT2D eigenvalue weighted by Gasteiger charge is -2.37. The van der Waals surface area contributed by atoms with Crippen molar-refractivity contribution in [3.05, 3.63) is 64.5 Å². The van der Waals surface area contributed by atoms with Crippen molar-refractivity contribution in [2.75, 3.05) is 13.1 Å². The molecule has 0 spiro atoms. The van der Waals surface area contributed by atoms with E-state index in [1.807, 2.05) is 24.3 Å². The topological polar surface area (TPSA) is 70.7 Å². The fourth-order valence-electron chi connectivity index (χ4n) is 4.36. The Bertz CT molecular complexity index is 1210. The summed E-state index contributed by atoms with van der Waals surface area (Å²) < 4.78 is 0. The number of hydrogen-bond acceptors (Lipinski definition) is 5. The van der Waals surface area contributed by atoms with Crippen LogP contribution in [0.1, 0.15) is 37.5 Å². The number of rotatable bonds is 8. The van der Waals surface area contributed by atoms with E-state index in [1.54, 1.807) is 11.3 Å². The molecule has 170 valence electrons. The minimum atomic E-state index is -0.712. The van der Waals surface area contributed by atoms with Crippen molar-refractivity contribution in [2.24, 2.45) is 11.8 Å². The van der Waals surface area contributed by atoms with Gasteiger partial charge in [0.1, 0.15) is 10.0 Å². The fraction of sp³-hybridized carbons (Fsp3) is 0.385. The third-order valence-electron chi connectivity index (χ3n) is 6.06. The van der Waals surface area contributed by atoms with Crippen LogP contribution in [-0.4, -0.2) is 39.3 Å². The van der Waals surface area contributed by atoms with Gasteiger partial charge in [-0.05, 0) is 41.5 Å². The summed E-state index contributed by atoms with van der Waals surface area (Å²) in [6, 6.07) is 12.2. The molecule has 1 aliphatic rings. The molecule has 0 amide bonds. The molecule has 0 atom stereocenters. The second kappa shape index (κ2) is 9.82. The minimum Gasteiger partial charge on any atom is -0.481 e. The Labute approximate surface area is 198 Å². The zero-order valence-electron chi connectivity index (χ0n) is 19.2. The second-order valence-electron chi connectivity index (χ2n) is 8.99. The molecule has 2 heterocycles. The zero-order chi connectivity index (χ0) is 23.5. The molecular weight excluding hydrogens is 432 g/mol. The quantitative estimate of drug-likeness (QED) is 0.437. The molecular formula is C26H28N4O2S. The van der Waals surface area contributed by atoms with E-state index in [0.29, 0.717) is 24.7 Å². The van der Waals surface area contributed by atoms with E-state index >= 15 is 0 Å². The van der Waals surface area contributed by atoms with E-state index in [9.17, 15) is 4.79 Å². The SMILES string of the molecule is [C-]#[N+]c1cc(-c2nnc(-c3cccc(CN4CC(C(=O)O)C4)c3CC)s2)ccc1CC(C)C. The minimum absolute atomic E-state index is 0.253.